The summed E-state index contributed by atoms with van der Waals surface area (Å²) in [7, 11) is 2.00. The molecule has 0 aliphatic rings. The number of benzene rings is 1. The number of ether oxygens (including phenoxy) is 2. The summed E-state index contributed by atoms with van der Waals surface area (Å²) in [6.07, 6.45) is 1.72. The summed E-state index contributed by atoms with van der Waals surface area (Å²) in [5, 5.41) is 3.12. The highest BCUT2D eigenvalue weighted by Crippen LogP contribution is 2.31. The minimum absolute atomic E-state index is 0.0974. The van der Waals surface area contributed by atoms with Crippen molar-refractivity contribution in [3.63, 3.8) is 0 Å². The molecular weight excluding hydrogens is 266 g/mol. The normalized spacial score (nSPS) is 13.1. The first-order chi connectivity index (χ1) is 8.91. The molecule has 1 N–H and O–H groups in total. The van der Waals surface area contributed by atoms with Gasteiger partial charge in [0.05, 0.1) is 20.0 Å². The molecule has 0 saturated carbocycles. The Morgan fingerprint density at radius 3 is 2.42 bits per heavy atom. The Balaban J connectivity index is 3.01. The van der Waals surface area contributed by atoms with Crippen LogP contribution in [0.1, 0.15) is 18.0 Å². The molecule has 6 heteroatoms. The van der Waals surface area contributed by atoms with Crippen LogP contribution in [0, 0.1) is 0 Å². The van der Waals surface area contributed by atoms with Crippen LogP contribution in [0.25, 0.3) is 0 Å². The number of hydrogen-bond acceptors (Lipinski definition) is 5. The Bertz CT molecular complexity index is 513. The summed E-state index contributed by atoms with van der Waals surface area (Å²) >= 11 is 0. The van der Waals surface area contributed by atoms with Crippen LogP contribution in [0.3, 0.4) is 0 Å². The minimum Gasteiger partial charge on any atom is -0.497 e. The summed E-state index contributed by atoms with van der Waals surface area (Å²) in [6, 6.07) is 5.40. The fourth-order valence-corrected chi connectivity index (χ4v) is 2.56. The summed E-state index contributed by atoms with van der Waals surface area (Å²) in [6.45, 7) is 0. The van der Waals surface area contributed by atoms with E-state index in [0.29, 0.717) is 12.2 Å². The number of hydrogen-bond donors (Lipinski definition) is 1. The second kappa shape index (κ2) is 6.77. The number of methoxy groups -OCH3 is 2. The predicted molar refractivity (Wildman–Crippen MR) is 75.7 cm³/mol. The zero-order valence-electron chi connectivity index (χ0n) is 11.8. The number of sulfone groups is 1. The highest BCUT2D eigenvalue weighted by Gasteiger charge is 2.17. The summed E-state index contributed by atoms with van der Waals surface area (Å²) < 4.78 is 33.1. The second-order valence-electron chi connectivity index (χ2n) is 4.37. The monoisotopic (exact) mass is 287 g/mol. The van der Waals surface area contributed by atoms with Gasteiger partial charge < -0.3 is 14.8 Å². The van der Waals surface area contributed by atoms with Gasteiger partial charge in [-0.1, -0.05) is 0 Å². The molecule has 0 aromatic heterocycles. The van der Waals surface area contributed by atoms with Gasteiger partial charge in [-0.2, -0.15) is 0 Å². The Hall–Kier alpha value is -1.27. The maximum absolute atomic E-state index is 11.3. The molecule has 1 atom stereocenters. The molecule has 1 aromatic carbocycles. The Labute approximate surface area is 114 Å². The Kier molecular flexibility index (Phi) is 5.62. The zero-order valence-corrected chi connectivity index (χ0v) is 12.6. The standard InChI is InChI=1S/C13H21NO4S/c1-14-12(7-8-19(4,15)16)11-9-10(17-2)5-6-13(11)18-3/h5-6,9,12,14H,7-8H2,1-4H3. The molecule has 108 valence electrons. The van der Waals surface area contributed by atoms with Gasteiger partial charge in [-0.25, -0.2) is 8.42 Å². The Morgan fingerprint density at radius 1 is 1.26 bits per heavy atom. The SMILES string of the molecule is CNC(CCS(C)(=O)=O)c1cc(OC)ccc1OC. The van der Waals surface area contributed by atoms with E-state index in [-0.39, 0.29) is 11.8 Å². The molecule has 0 heterocycles. The molecule has 5 nitrogen and oxygen atoms in total. The molecule has 0 amide bonds. The molecule has 19 heavy (non-hydrogen) atoms. The molecule has 0 fully saturated rings. The number of nitrogens with one attached hydrogen (secondary N) is 1. The first-order valence-corrected chi connectivity index (χ1v) is 8.04. The molecule has 0 radical (unpaired) electrons. The molecule has 0 spiro atoms. The maximum atomic E-state index is 11.3. The molecule has 0 aliphatic heterocycles. The molecule has 0 aliphatic carbocycles. The summed E-state index contributed by atoms with van der Waals surface area (Å²) in [5.74, 6) is 1.56. The third-order valence-electron chi connectivity index (χ3n) is 2.94. The van der Waals surface area contributed by atoms with Crippen LogP contribution in [-0.2, 0) is 9.84 Å². The molecule has 0 saturated heterocycles. The highest BCUT2D eigenvalue weighted by molar-refractivity contribution is 7.90. The average molecular weight is 287 g/mol. The van der Waals surface area contributed by atoms with E-state index in [0.717, 1.165) is 11.3 Å². The van der Waals surface area contributed by atoms with Gasteiger partial charge in [-0.05, 0) is 31.7 Å². The van der Waals surface area contributed by atoms with Gasteiger partial charge in [0.1, 0.15) is 21.3 Å². The van der Waals surface area contributed by atoms with Crippen LogP contribution in [0.4, 0.5) is 0 Å². The van der Waals surface area contributed by atoms with E-state index >= 15 is 0 Å². The van der Waals surface area contributed by atoms with Gasteiger partial charge >= 0.3 is 0 Å². The van der Waals surface area contributed by atoms with E-state index < -0.39 is 9.84 Å². The van der Waals surface area contributed by atoms with Gasteiger partial charge in [0.2, 0.25) is 0 Å². The lowest BCUT2D eigenvalue weighted by atomic mass is 10.0. The van der Waals surface area contributed by atoms with Crippen LogP contribution >= 0.6 is 0 Å². The van der Waals surface area contributed by atoms with E-state index in [1.807, 2.05) is 18.2 Å². The van der Waals surface area contributed by atoms with E-state index in [4.69, 9.17) is 9.47 Å². The molecular formula is C13H21NO4S. The van der Waals surface area contributed by atoms with Crippen LogP contribution in [0.2, 0.25) is 0 Å². The van der Waals surface area contributed by atoms with Crippen LogP contribution < -0.4 is 14.8 Å². The first kappa shape index (κ1) is 15.8. The van der Waals surface area contributed by atoms with E-state index in [2.05, 4.69) is 5.32 Å². The second-order valence-corrected chi connectivity index (χ2v) is 6.63. The molecule has 1 unspecified atom stereocenters. The van der Waals surface area contributed by atoms with Crippen molar-refractivity contribution in [1.82, 2.24) is 5.32 Å². The Morgan fingerprint density at radius 2 is 1.95 bits per heavy atom. The minimum atomic E-state index is -2.98. The van der Waals surface area contributed by atoms with Crippen molar-refractivity contribution >= 4 is 9.84 Å². The van der Waals surface area contributed by atoms with E-state index in [9.17, 15) is 8.42 Å². The van der Waals surface area contributed by atoms with Gasteiger partial charge in [0.15, 0.2) is 0 Å². The van der Waals surface area contributed by atoms with Crippen molar-refractivity contribution in [3.05, 3.63) is 23.8 Å². The summed E-state index contributed by atoms with van der Waals surface area (Å²) in [5.41, 5.74) is 0.896. The lowest BCUT2D eigenvalue weighted by molar-refractivity contribution is 0.390. The summed E-state index contributed by atoms with van der Waals surface area (Å²) in [4.78, 5) is 0. The van der Waals surface area contributed by atoms with Crippen LogP contribution in [0.15, 0.2) is 18.2 Å². The zero-order chi connectivity index (χ0) is 14.5. The van der Waals surface area contributed by atoms with E-state index in [1.54, 1.807) is 21.3 Å². The van der Waals surface area contributed by atoms with Crippen molar-refractivity contribution < 1.29 is 17.9 Å². The quantitative estimate of drug-likeness (QED) is 0.821. The molecule has 0 bridgehead atoms. The molecule has 1 aromatic rings. The smallest absolute Gasteiger partial charge is 0.147 e. The third-order valence-corrected chi connectivity index (χ3v) is 3.92. The van der Waals surface area contributed by atoms with Crippen LogP contribution in [0.5, 0.6) is 11.5 Å². The lowest BCUT2D eigenvalue weighted by Gasteiger charge is -2.19. The molecule has 1 rings (SSSR count). The van der Waals surface area contributed by atoms with Crippen molar-refractivity contribution in [3.8, 4) is 11.5 Å². The van der Waals surface area contributed by atoms with Crippen molar-refractivity contribution in [1.29, 1.82) is 0 Å². The number of rotatable bonds is 7. The van der Waals surface area contributed by atoms with Crippen molar-refractivity contribution in [2.75, 3.05) is 33.3 Å². The fourth-order valence-electron chi connectivity index (χ4n) is 1.90. The van der Waals surface area contributed by atoms with Gasteiger partial charge in [0.25, 0.3) is 0 Å². The van der Waals surface area contributed by atoms with Gasteiger partial charge in [0, 0.05) is 17.9 Å². The van der Waals surface area contributed by atoms with Gasteiger partial charge in [-0.3, -0.25) is 0 Å². The fraction of sp³-hybridized carbons (Fsp3) is 0.538. The first-order valence-electron chi connectivity index (χ1n) is 5.98. The van der Waals surface area contributed by atoms with E-state index in [1.165, 1.54) is 6.26 Å². The largest absolute Gasteiger partial charge is 0.497 e. The highest BCUT2D eigenvalue weighted by atomic mass is 32.2. The van der Waals surface area contributed by atoms with Gasteiger partial charge in [-0.15, -0.1) is 0 Å². The predicted octanol–water partition coefficient (Wildman–Crippen LogP) is 1.40. The lowest BCUT2D eigenvalue weighted by Crippen LogP contribution is -2.20. The third kappa shape index (κ3) is 4.72. The average Bonchev–Trinajstić information content (AvgIpc) is 2.38. The van der Waals surface area contributed by atoms with Crippen LogP contribution in [-0.4, -0.2) is 41.7 Å². The maximum Gasteiger partial charge on any atom is 0.147 e. The topological polar surface area (TPSA) is 64.6 Å². The van der Waals surface area contributed by atoms with Crippen molar-refractivity contribution in [2.45, 2.75) is 12.5 Å². The van der Waals surface area contributed by atoms with Crippen molar-refractivity contribution in [2.24, 2.45) is 0 Å².